The summed E-state index contributed by atoms with van der Waals surface area (Å²) in [4.78, 5) is 13.9. The Kier molecular flexibility index (Phi) is 4.91. The van der Waals surface area contributed by atoms with Gasteiger partial charge in [0.1, 0.15) is 24.7 Å². The zero-order valence-corrected chi connectivity index (χ0v) is 8.63. The van der Waals surface area contributed by atoms with Crippen molar-refractivity contribution < 1.29 is 19.4 Å². The molecule has 16 heavy (non-hydrogen) atoms. The Bertz CT molecular complexity index is 324. The van der Waals surface area contributed by atoms with Crippen molar-refractivity contribution in [2.24, 2.45) is 0 Å². The maximum Gasteiger partial charge on any atom is 0.294 e. The van der Waals surface area contributed by atoms with Gasteiger partial charge < -0.3 is 14.3 Å². The first-order valence-electron chi connectivity index (χ1n) is 4.64. The van der Waals surface area contributed by atoms with Gasteiger partial charge in [-0.1, -0.05) is 0 Å². The summed E-state index contributed by atoms with van der Waals surface area (Å²) in [5, 5.41) is 8.98. The van der Waals surface area contributed by atoms with E-state index in [1.807, 2.05) is 0 Å². The largest absolute Gasteiger partial charge is 0.494 e. The Morgan fingerprint density at radius 3 is 2.19 bits per heavy atom. The molecule has 0 amide bonds. The van der Waals surface area contributed by atoms with Crippen LogP contribution in [0.15, 0.2) is 24.3 Å². The van der Waals surface area contributed by atoms with Gasteiger partial charge in [0.05, 0.1) is 6.61 Å². The van der Waals surface area contributed by atoms with Gasteiger partial charge in [-0.15, -0.1) is 10.1 Å². The highest BCUT2D eigenvalue weighted by Crippen LogP contribution is 2.17. The summed E-state index contributed by atoms with van der Waals surface area (Å²) in [6.07, 6.45) is 0. The van der Waals surface area contributed by atoms with E-state index in [9.17, 15) is 10.1 Å². The fraction of sp³-hybridized carbons (Fsp3) is 0.300. The van der Waals surface area contributed by atoms with E-state index in [4.69, 9.17) is 9.47 Å². The van der Waals surface area contributed by atoms with Crippen molar-refractivity contribution in [3.05, 3.63) is 41.3 Å². The van der Waals surface area contributed by atoms with E-state index in [1.165, 1.54) is 0 Å². The summed E-state index contributed by atoms with van der Waals surface area (Å²) in [5.74, 6) is 1.30. The van der Waals surface area contributed by atoms with Crippen molar-refractivity contribution in [1.29, 1.82) is 0 Å². The van der Waals surface area contributed by atoms with Gasteiger partial charge in [-0.2, -0.15) is 0 Å². The topological polar surface area (TPSA) is 70.8 Å². The molecule has 0 aliphatic rings. The standard InChI is InChI=1S/C10H12NO5/c1-2-14-9-3-5-10(6-4-9)15-7-8-16-11(12)13/h3-6H,1-2,7-8H2. The van der Waals surface area contributed by atoms with Crippen LogP contribution in [0, 0.1) is 17.0 Å². The van der Waals surface area contributed by atoms with E-state index in [-0.39, 0.29) is 13.2 Å². The number of rotatable bonds is 7. The molecule has 1 aromatic carbocycles. The highest BCUT2D eigenvalue weighted by atomic mass is 17.0. The van der Waals surface area contributed by atoms with Gasteiger partial charge >= 0.3 is 0 Å². The summed E-state index contributed by atoms with van der Waals surface area (Å²) in [6, 6.07) is 6.87. The second-order valence-corrected chi connectivity index (χ2v) is 2.73. The van der Waals surface area contributed by atoms with E-state index in [0.29, 0.717) is 18.1 Å². The lowest BCUT2D eigenvalue weighted by Gasteiger charge is -2.06. The van der Waals surface area contributed by atoms with Crippen LogP contribution in [0.4, 0.5) is 0 Å². The quantitative estimate of drug-likeness (QED) is 0.400. The van der Waals surface area contributed by atoms with Gasteiger partial charge in [0.15, 0.2) is 0 Å². The molecular weight excluding hydrogens is 214 g/mol. The van der Waals surface area contributed by atoms with Crippen molar-refractivity contribution in [1.82, 2.24) is 0 Å². The predicted octanol–water partition coefficient (Wildman–Crippen LogP) is 1.49. The molecule has 0 heterocycles. The van der Waals surface area contributed by atoms with Gasteiger partial charge in [0.25, 0.3) is 5.09 Å². The molecule has 6 heteroatoms. The van der Waals surface area contributed by atoms with Gasteiger partial charge in [0.2, 0.25) is 0 Å². The van der Waals surface area contributed by atoms with Crippen LogP contribution in [0.1, 0.15) is 0 Å². The lowest BCUT2D eigenvalue weighted by Crippen LogP contribution is -2.10. The minimum atomic E-state index is -0.853. The monoisotopic (exact) mass is 226 g/mol. The maximum atomic E-state index is 9.83. The molecule has 0 spiro atoms. The summed E-state index contributed by atoms with van der Waals surface area (Å²) in [6.45, 7) is 3.93. The minimum Gasteiger partial charge on any atom is -0.494 e. The predicted molar refractivity (Wildman–Crippen MR) is 55.7 cm³/mol. The number of ether oxygens (including phenoxy) is 2. The minimum absolute atomic E-state index is 0.0931. The van der Waals surface area contributed by atoms with Crippen LogP contribution in [-0.2, 0) is 4.84 Å². The Morgan fingerprint density at radius 1 is 1.12 bits per heavy atom. The average molecular weight is 226 g/mol. The van der Waals surface area contributed by atoms with Crippen molar-refractivity contribution in [3.8, 4) is 11.5 Å². The second kappa shape index (κ2) is 6.49. The molecule has 0 fully saturated rings. The number of hydrogen-bond donors (Lipinski definition) is 0. The van der Waals surface area contributed by atoms with Gasteiger partial charge in [-0.25, -0.2) is 0 Å². The average Bonchev–Trinajstić information content (AvgIpc) is 2.27. The van der Waals surface area contributed by atoms with Gasteiger partial charge in [-0.3, -0.25) is 0 Å². The molecule has 0 atom stereocenters. The molecule has 0 aromatic heterocycles. The molecule has 0 aliphatic heterocycles. The third-order valence-electron chi connectivity index (χ3n) is 1.64. The molecule has 0 saturated heterocycles. The van der Waals surface area contributed by atoms with E-state index in [0.717, 1.165) is 0 Å². The second-order valence-electron chi connectivity index (χ2n) is 2.73. The normalized spacial score (nSPS) is 9.56. The fourth-order valence-electron chi connectivity index (χ4n) is 1.02. The first-order valence-corrected chi connectivity index (χ1v) is 4.64. The maximum absolute atomic E-state index is 9.83. The van der Waals surface area contributed by atoms with Crippen LogP contribution in [0.5, 0.6) is 11.5 Å². The number of benzene rings is 1. The Hall–Kier alpha value is -1.98. The van der Waals surface area contributed by atoms with Crippen molar-refractivity contribution in [3.63, 3.8) is 0 Å². The summed E-state index contributed by atoms with van der Waals surface area (Å²) < 4.78 is 10.3. The molecule has 1 aromatic rings. The molecule has 0 bridgehead atoms. The van der Waals surface area contributed by atoms with E-state index < -0.39 is 5.09 Å². The molecule has 0 aliphatic carbocycles. The van der Waals surface area contributed by atoms with Crippen molar-refractivity contribution in [2.45, 2.75) is 0 Å². The molecule has 0 N–H and O–H groups in total. The van der Waals surface area contributed by atoms with Crippen LogP contribution in [-0.4, -0.2) is 24.9 Å². The lowest BCUT2D eigenvalue weighted by molar-refractivity contribution is -0.757. The highest BCUT2D eigenvalue weighted by molar-refractivity contribution is 5.31. The zero-order chi connectivity index (χ0) is 11.8. The van der Waals surface area contributed by atoms with Crippen LogP contribution in [0.3, 0.4) is 0 Å². The first kappa shape index (κ1) is 12.1. The molecule has 1 radical (unpaired) electrons. The van der Waals surface area contributed by atoms with Crippen LogP contribution in [0.2, 0.25) is 0 Å². The Balaban J connectivity index is 2.29. The van der Waals surface area contributed by atoms with Crippen LogP contribution in [0.25, 0.3) is 0 Å². The Labute approximate surface area is 92.8 Å². The van der Waals surface area contributed by atoms with Gasteiger partial charge in [0, 0.05) is 0 Å². The fourth-order valence-corrected chi connectivity index (χ4v) is 1.02. The van der Waals surface area contributed by atoms with Crippen LogP contribution < -0.4 is 9.47 Å². The third kappa shape index (κ3) is 4.50. The zero-order valence-electron chi connectivity index (χ0n) is 8.63. The third-order valence-corrected chi connectivity index (χ3v) is 1.64. The SMILES string of the molecule is [CH2]COc1ccc(OCCO[N+](=O)[O-])cc1. The number of nitrogens with zero attached hydrogens (tertiary/aromatic N) is 1. The molecular formula is C10H12NO5. The van der Waals surface area contributed by atoms with E-state index in [1.54, 1.807) is 24.3 Å². The summed E-state index contributed by atoms with van der Waals surface area (Å²) in [5.41, 5.74) is 0. The smallest absolute Gasteiger partial charge is 0.294 e. The van der Waals surface area contributed by atoms with Crippen molar-refractivity contribution in [2.75, 3.05) is 19.8 Å². The summed E-state index contributed by atoms with van der Waals surface area (Å²) >= 11 is 0. The lowest BCUT2D eigenvalue weighted by atomic mass is 10.3. The molecule has 0 saturated carbocycles. The first-order chi connectivity index (χ1) is 7.72. The van der Waals surface area contributed by atoms with Gasteiger partial charge in [-0.05, 0) is 31.2 Å². The molecule has 87 valence electrons. The summed E-state index contributed by atoms with van der Waals surface area (Å²) in [7, 11) is 0. The van der Waals surface area contributed by atoms with E-state index >= 15 is 0 Å². The molecule has 1 rings (SSSR count). The molecule has 6 nitrogen and oxygen atoms in total. The van der Waals surface area contributed by atoms with Crippen LogP contribution >= 0.6 is 0 Å². The number of hydrogen-bond acceptors (Lipinski definition) is 5. The van der Waals surface area contributed by atoms with Crippen molar-refractivity contribution >= 4 is 0 Å². The highest BCUT2D eigenvalue weighted by Gasteiger charge is 1.97. The van der Waals surface area contributed by atoms with E-state index in [2.05, 4.69) is 11.8 Å². The Morgan fingerprint density at radius 2 is 1.69 bits per heavy atom. The molecule has 0 unspecified atom stereocenters.